The highest BCUT2D eigenvalue weighted by atomic mass is 32.2. The first kappa shape index (κ1) is 39.8. The highest BCUT2D eigenvalue weighted by Gasteiger charge is 2.70. The Bertz CT molecular complexity index is 1640. The van der Waals surface area contributed by atoms with Crippen LogP contribution in [0.2, 0.25) is 0 Å². The Morgan fingerprint density at radius 1 is 0.981 bits per heavy atom. The number of fused-ring (bicyclic) bond motifs is 7. The normalized spacial score (nSPS) is 45.4. The van der Waals surface area contributed by atoms with Gasteiger partial charge in [-0.05, 0) is 174 Å². The molecular weight excluding hydrogens is 680 g/mol. The van der Waals surface area contributed by atoms with Crippen molar-refractivity contribution in [3.8, 4) is 0 Å². The van der Waals surface area contributed by atoms with E-state index >= 15 is 0 Å². The van der Waals surface area contributed by atoms with Crippen LogP contribution in [0.15, 0.2) is 35.5 Å². The Morgan fingerprint density at radius 3 is 2.32 bits per heavy atom. The lowest BCUT2D eigenvalue weighted by molar-refractivity contribution is -0.221. The van der Waals surface area contributed by atoms with Gasteiger partial charge >= 0.3 is 5.97 Å². The van der Waals surface area contributed by atoms with Crippen LogP contribution in [0.25, 0.3) is 0 Å². The molecule has 0 radical (unpaired) electrons. The Labute approximate surface area is 322 Å². The lowest BCUT2D eigenvalue weighted by atomic mass is 9.33. The zero-order chi connectivity index (χ0) is 38.4. The van der Waals surface area contributed by atoms with Crippen molar-refractivity contribution < 1.29 is 18.5 Å². The second-order valence-electron chi connectivity index (χ2n) is 21.2. The summed E-state index contributed by atoms with van der Waals surface area (Å²) in [6, 6.07) is 0. The number of hydrogen-bond acceptors (Lipinski definition) is 4. The van der Waals surface area contributed by atoms with Crippen LogP contribution in [0.5, 0.6) is 0 Å². The van der Waals surface area contributed by atoms with E-state index in [9.17, 15) is 18.5 Å². The largest absolute Gasteiger partial charge is 0.481 e. The molecule has 7 aliphatic rings. The molecule has 298 valence electrons. The molecule has 5 nitrogen and oxygen atoms in total. The summed E-state index contributed by atoms with van der Waals surface area (Å²) in [5.41, 5.74) is 3.80. The number of alkyl halides is 1. The van der Waals surface area contributed by atoms with E-state index in [1.165, 1.54) is 68.1 Å². The number of hydrogen-bond donors (Lipinski definition) is 2. The van der Waals surface area contributed by atoms with E-state index in [1.807, 2.05) is 0 Å². The van der Waals surface area contributed by atoms with E-state index < -0.39 is 27.6 Å². The fourth-order valence-electron chi connectivity index (χ4n) is 15.0. The lowest BCUT2D eigenvalue weighted by Gasteiger charge is -2.72. The predicted octanol–water partition coefficient (Wildman–Crippen LogP) is 9.34. The van der Waals surface area contributed by atoms with Crippen molar-refractivity contribution in [2.75, 3.05) is 44.4 Å². The number of halogens is 1. The molecule has 4 saturated carbocycles. The van der Waals surface area contributed by atoms with Gasteiger partial charge in [0.15, 0.2) is 0 Å². The number of carboxylic acid groups (broad SMARTS) is 1. The zero-order valence-corrected chi connectivity index (χ0v) is 35.3. The number of aliphatic carboxylic acids is 1. The molecule has 1 heterocycles. The maximum absolute atomic E-state index is 14.0. The number of rotatable bonds is 9. The van der Waals surface area contributed by atoms with Crippen LogP contribution >= 0.6 is 0 Å². The molecule has 6 aliphatic carbocycles. The zero-order valence-electron chi connectivity index (χ0n) is 34.5. The number of carboxylic acids is 1. The molecule has 53 heavy (non-hydrogen) atoms. The van der Waals surface area contributed by atoms with Crippen LogP contribution in [-0.4, -0.2) is 76.0 Å². The van der Waals surface area contributed by atoms with Gasteiger partial charge in [0, 0.05) is 36.7 Å². The van der Waals surface area contributed by atoms with Crippen molar-refractivity contribution in [3.63, 3.8) is 0 Å². The summed E-state index contributed by atoms with van der Waals surface area (Å²) >= 11 is 0. The first-order chi connectivity index (χ1) is 24.8. The molecule has 7 heteroatoms. The number of carbonyl (C=O) groups is 1. The van der Waals surface area contributed by atoms with Gasteiger partial charge in [0.2, 0.25) is 0 Å². The first-order valence-electron chi connectivity index (χ1n) is 21.4. The van der Waals surface area contributed by atoms with Crippen molar-refractivity contribution in [1.82, 2.24) is 10.2 Å². The Hall–Kier alpha value is -1.44. The van der Waals surface area contributed by atoms with Crippen molar-refractivity contribution in [3.05, 3.63) is 35.5 Å². The molecule has 7 rings (SSSR count). The van der Waals surface area contributed by atoms with E-state index in [4.69, 9.17) is 0 Å². The van der Waals surface area contributed by atoms with Crippen LogP contribution < -0.4 is 5.32 Å². The molecule has 1 saturated heterocycles. The molecule has 0 bridgehead atoms. The van der Waals surface area contributed by atoms with Gasteiger partial charge in [0.05, 0.1) is 5.41 Å². The average molecular weight is 753 g/mol. The second-order valence-corrected chi connectivity index (χ2v) is 23.9. The van der Waals surface area contributed by atoms with E-state index in [-0.39, 0.29) is 27.2 Å². The number of nitrogens with one attached hydrogen (secondary N) is 1. The van der Waals surface area contributed by atoms with Gasteiger partial charge in [-0.15, -0.1) is 0 Å². The van der Waals surface area contributed by atoms with Crippen LogP contribution in [0, 0.1) is 62.6 Å². The number of nitrogens with zero attached hydrogens (tertiary/aromatic N) is 1. The average Bonchev–Trinajstić information content (AvgIpc) is 3.49. The standard InChI is InChI=1S/C46H73FN2O3S/c1-31(2)34-14-21-46(48-28-32(3)29-49-24-26-53(9,52)27-25-49)23-22-43(7)36(39(34)46)10-11-38-42(6)17-15-35(41(4,5)37(42)16-18-44(38,43)8)33-12-19-45(30-47,20-13-33)40(50)51/h12,15,32,34,36-39,48H,1,9-11,13-14,16-30H2,2-8H3,(H,50,51)/t32?,34-,36+,37-,38+,39+,42-,43+,44+,45-,46-/m0/s1. The van der Waals surface area contributed by atoms with Crippen molar-refractivity contribution in [2.45, 2.75) is 131 Å². The minimum atomic E-state index is -1.87. The maximum atomic E-state index is 14.0. The minimum absolute atomic E-state index is 0.00339. The van der Waals surface area contributed by atoms with Gasteiger partial charge in [-0.1, -0.05) is 65.8 Å². The van der Waals surface area contributed by atoms with Crippen LogP contribution in [-0.2, 0) is 14.3 Å². The molecule has 0 aromatic carbocycles. The van der Waals surface area contributed by atoms with Crippen LogP contribution in [0.1, 0.15) is 126 Å². The minimum Gasteiger partial charge on any atom is -0.481 e. The Kier molecular flexibility index (Phi) is 10.2. The summed E-state index contributed by atoms with van der Waals surface area (Å²) in [6.45, 7) is 25.5. The van der Waals surface area contributed by atoms with Gasteiger partial charge < -0.3 is 15.3 Å². The van der Waals surface area contributed by atoms with Gasteiger partial charge in [-0.2, -0.15) is 0 Å². The molecule has 0 amide bonds. The number of allylic oxidation sites excluding steroid dienone is 5. The molecule has 5 fully saturated rings. The van der Waals surface area contributed by atoms with Gasteiger partial charge in [0.1, 0.15) is 6.67 Å². The van der Waals surface area contributed by atoms with E-state index in [2.05, 4.69) is 83.3 Å². The molecule has 11 atom stereocenters. The molecule has 0 spiro atoms. The Balaban J connectivity index is 1.12. The third-order valence-corrected chi connectivity index (χ3v) is 20.1. The van der Waals surface area contributed by atoms with E-state index in [0.29, 0.717) is 54.8 Å². The first-order valence-corrected chi connectivity index (χ1v) is 23.5. The van der Waals surface area contributed by atoms with Crippen molar-refractivity contribution in [2.24, 2.45) is 62.6 Å². The summed E-state index contributed by atoms with van der Waals surface area (Å²) in [5.74, 6) is 8.16. The quantitative estimate of drug-likeness (QED) is 0.182. The monoisotopic (exact) mass is 753 g/mol. The summed E-state index contributed by atoms with van der Waals surface area (Å²) in [4.78, 5) is 14.5. The van der Waals surface area contributed by atoms with Crippen molar-refractivity contribution >= 4 is 21.4 Å². The topological polar surface area (TPSA) is 69.6 Å². The fourth-order valence-corrected chi connectivity index (χ4v) is 16.4. The second kappa shape index (κ2) is 13.6. The predicted molar refractivity (Wildman–Crippen MR) is 219 cm³/mol. The molecule has 1 aliphatic heterocycles. The molecule has 2 N–H and O–H groups in total. The van der Waals surface area contributed by atoms with Crippen LogP contribution in [0.4, 0.5) is 4.39 Å². The molecule has 0 aromatic rings. The third-order valence-electron chi connectivity index (χ3n) is 18.2. The highest BCUT2D eigenvalue weighted by Crippen LogP contribution is 2.76. The summed E-state index contributed by atoms with van der Waals surface area (Å²) in [5, 5.41) is 14.2. The van der Waals surface area contributed by atoms with E-state index in [1.54, 1.807) is 0 Å². The third kappa shape index (κ3) is 6.21. The molecule has 1 unspecified atom stereocenters. The SMILES string of the molecule is C=C(C)[C@@H]1CC[C@]2(NCC(C)CN3CCS(=C)(=O)CC3)CC[C@]3(C)[C@H](CC[C@@H]4[C@@]5(C)CC=C(C6=CC[C@](CF)(C(=O)O)CC6)C(C)(C)[C@@H]5CC[C@]43C)[C@@H]12. The van der Waals surface area contributed by atoms with Crippen LogP contribution in [0.3, 0.4) is 0 Å². The van der Waals surface area contributed by atoms with Crippen molar-refractivity contribution in [1.29, 1.82) is 0 Å². The molecular formula is C46H73FN2O3S. The fraction of sp³-hybridized carbons (Fsp3) is 0.826. The summed E-state index contributed by atoms with van der Waals surface area (Å²) in [7, 11) is -1.87. The maximum Gasteiger partial charge on any atom is 0.312 e. The van der Waals surface area contributed by atoms with Gasteiger partial charge in [-0.3, -0.25) is 9.00 Å². The summed E-state index contributed by atoms with van der Waals surface area (Å²) in [6.07, 6.45) is 17.3. The lowest BCUT2D eigenvalue weighted by Crippen LogP contribution is -2.68. The highest BCUT2D eigenvalue weighted by molar-refractivity contribution is 8.00. The van der Waals surface area contributed by atoms with Gasteiger partial charge in [0.25, 0.3) is 0 Å². The van der Waals surface area contributed by atoms with E-state index in [0.717, 1.165) is 44.1 Å². The summed E-state index contributed by atoms with van der Waals surface area (Å²) < 4.78 is 26.5. The smallest absolute Gasteiger partial charge is 0.312 e. The Morgan fingerprint density at radius 2 is 1.70 bits per heavy atom. The van der Waals surface area contributed by atoms with Gasteiger partial charge in [-0.25, -0.2) is 4.39 Å². The molecule has 0 aromatic heterocycles.